The quantitative estimate of drug-likeness (QED) is 0.443. The van der Waals surface area contributed by atoms with Gasteiger partial charge in [-0.2, -0.15) is 0 Å². The van der Waals surface area contributed by atoms with Crippen molar-refractivity contribution in [3.8, 4) is 0 Å². The molecule has 0 bridgehead atoms. The lowest BCUT2D eigenvalue weighted by Gasteiger charge is -1.95. The van der Waals surface area contributed by atoms with Crippen molar-refractivity contribution < 1.29 is 18.7 Å². The van der Waals surface area contributed by atoms with Crippen molar-refractivity contribution in [2.45, 2.75) is 19.3 Å². The van der Waals surface area contributed by atoms with E-state index in [-0.39, 0.29) is 11.5 Å². The molecule has 0 rings (SSSR count). The van der Waals surface area contributed by atoms with Gasteiger partial charge in [-0.25, -0.2) is 4.21 Å². The second-order valence-corrected chi connectivity index (χ2v) is 3.23. The van der Waals surface area contributed by atoms with E-state index in [1.54, 1.807) is 0 Å². The molecular formula is C6H12O4S. The number of hydrogen-bond donors (Lipinski definition) is 2. The number of carbonyl (C=O) groups excluding carboxylic acids is 1. The van der Waals surface area contributed by atoms with Crippen LogP contribution in [-0.4, -0.2) is 32.0 Å². The predicted molar refractivity (Wildman–Crippen MR) is 41.6 cm³/mol. The molecule has 66 valence electrons. The maximum Gasteiger partial charge on any atom is 0.158 e. The van der Waals surface area contributed by atoms with Crippen molar-refractivity contribution in [1.82, 2.24) is 0 Å². The van der Waals surface area contributed by atoms with Gasteiger partial charge in [-0.15, -0.1) is 0 Å². The summed E-state index contributed by atoms with van der Waals surface area (Å²) in [6, 6.07) is 0. The molecule has 11 heavy (non-hydrogen) atoms. The van der Waals surface area contributed by atoms with Gasteiger partial charge in [0.2, 0.25) is 0 Å². The van der Waals surface area contributed by atoms with Crippen LogP contribution in [0.15, 0.2) is 0 Å². The zero-order valence-corrected chi connectivity index (χ0v) is 6.97. The summed E-state index contributed by atoms with van der Waals surface area (Å²) < 4.78 is 18.4. The first kappa shape index (κ1) is 10.7. The van der Waals surface area contributed by atoms with Gasteiger partial charge in [0.05, 0.1) is 0 Å². The Labute approximate surface area is 67.9 Å². The van der Waals surface area contributed by atoms with Crippen LogP contribution in [0.25, 0.3) is 0 Å². The van der Waals surface area contributed by atoms with Gasteiger partial charge in [0.15, 0.2) is 16.9 Å². The number of aliphatic hydroxyl groups is 1. The first-order valence-corrected chi connectivity index (χ1v) is 4.64. The first-order valence-electron chi connectivity index (χ1n) is 3.37. The summed E-state index contributed by atoms with van der Waals surface area (Å²) in [5, 5.41) is 8.28. The third kappa shape index (κ3) is 7.64. The van der Waals surface area contributed by atoms with Gasteiger partial charge in [0, 0.05) is 12.2 Å². The molecule has 0 heterocycles. The standard InChI is InChI=1S/C6H12O4S/c7-5-6(8)3-1-2-4-11(9)10/h7H,1-5H2,(H,9,10). The number of aliphatic hydroxyl groups excluding tert-OH is 1. The molecule has 0 aliphatic carbocycles. The van der Waals surface area contributed by atoms with Gasteiger partial charge >= 0.3 is 0 Å². The molecule has 0 aromatic rings. The highest BCUT2D eigenvalue weighted by atomic mass is 32.2. The van der Waals surface area contributed by atoms with E-state index in [4.69, 9.17) is 9.66 Å². The Morgan fingerprint density at radius 2 is 2.00 bits per heavy atom. The lowest BCUT2D eigenvalue weighted by molar-refractivity contribution is -0.121. The number of rotatable bonds is 6. The van der Waals surface area contributed by atoms with E-state index in [9.17, 15) is 9.00 Å². The van der Waals surface area contributed by atoms with Crippen LogP contribution >= 0.6 is 0 Å². The minimum Gasteiger partial charge on any atom is -0.389 e. The van der Waals surface area contributed by atoms with Gasteiger partial charge in [-0.05, 0) is 12.8 Å². The van der Waals surface area contributed by atoms with E-state index >= 15 is 0 Å². The van der Waals surface area contributed by atoms with Gasteiger partial charge in [-0.1, -0.05) is 0 Å². The van der Waals surface area contributed by atoms with Crippen molar-refractivity contribution >= 4 is 16.9 Å². The summed E-state index contributed by atoms with van der Waals surface area (Å²) in [6.07, 6.45) is 1.42. The Morgan fingerprint density at radius 3 is 2.45 bits per heavy atom. The molecule has 2 N–H and O–H groups in total. The molecule has 0 saturated heterocycles. The predicted octanol–water partition coefficient (Wildman–Crippen LogP) is -0.0602. The molecule has 0 saturated carbocycles. The second-order valence-electron chi connectivity index (χ2n) is 2.18. The molecule has 0 spiro atoms. The summed E-state index contributed by atoms with van der Waals surface area (Å²) >= 11 is -1.76. The fraction of sp³-hybridized carbons (Fsp3) is 0.833. The molecule has 1 unspecified atom stereocenters. The average Bonchev–Trinajstić information content (AvgIpc) is 1.97. The molecule has 1 atom stereocenters. The molecule has 0 amide bonds. The van der Waals surface area contributed by atoms with Gasteiger partial charge in [-0.3, -0.25) is 4.79 Å². The van der Waals surface area contributed by atoms with Crippen LogP contribution in [0.2, 0.25) is 0 Å². The third-order valence-corrected chi connectivity index (χ3v) is 1.84. The topological polar surface area (TPSA) is 74.6 Å². The van der Waals surface area contributed by atoms with Crippen LogP contribution in [0.5, 0.6) is 0 Å². The maximum atomic E-state index is 10.5. The van der Waals surface area contributed by atoms with Crippen LogP contribution < -0.4 is 0 Å². The maximum absolute atomic E-state index is 10.5. The van der Waals surface area contributed by atoms with Crippen molar-refractivity contribution in [2.24, 2.45) is 0 Å². The second kappa shape index (κ2) is 6.45. The highest BCUT2D eigenvalue weighted by Gasteiger charge is 1.99. The van der Waals surface area contributed by atoms with E-state index in [1.807, 2.05) is 0 Å². The fourth-order valence-corrected chi connectivity index (χ4v) is 1.08. The minimum atomic E-state index is -1.76. The Hall–Kier alpha value is -0.260. The number of ketones is 1. The van der Waals surface area contributed by atoms with Gasteiger partial charge in [0.25, 0.3) is 0 Å². The zero-order valence-electron chi connectivity index (χ0n) is 6.15. The summed E-state index contributed by atoms with van der Waals surface area (Å²) in [6.45, 7) is -0.428. The highest BCUT2D eigenvalue weighted by molar-refractivity contribution is 7.79. The fourth-order valence-electron chi connectivity index (χ4n) is 0.627. The Bertz CT molecular complexity index is 146. The van der Waals surface area contributed by atoms with Crippen molar-refractivity contribution in [2.75, 3.05) is 12.4 Å². The molecule has 0 radical (unpaired) electrons. The van der Waals surface area contributed by atoms with E-state index in [2.05, 4.69) is 0 Å². The molecule has 0 aromatic heterocycles. The largest absolute Gasteiger partial charge is 0.389 e. The SMILES string of the molecule is O=C(CO)CCCCS(=O)O. The molecular weight excluding hydrogens is 168 g/mol. The molecule has 0 fully saturated rings. The third-order valence-electron chi connectivity index (χ3n) is 1.20. The van der Waals surface area contributed by atoms with E-state index in [0.29, 0.717) is 19.3 Å². The first-order chi connectivity index (χ1) is 5.16. The molecule has 0 aliphatic heterocycles. The van der Waals surface area contributed by atoms with Crippen LogP contribution in [0.4, 0.5) is 0 Å². The minimum absolute atomic E-state index is 0.207. The summed E-state index contributed by atoms with van der Waals surface area (Å²) in [5.41, 5.74) is 0. The summed E-state index contributed by atoms with van der Waals surface area (Å²) in [4.78, 5) is 10.5. The zero-order chi connectivity index (χ0) is 8.69. The summed E-state index contributed by atoms with van der Waals surface area (Å²) in [5.74, 6) is -0.00709. The van der Waals surface area contributed by atoms with Crippen LogP contribution in [0.3, 0.4) is 0 Å². The van der Waals surface area contributed by atoms with Crippen LogP contribution in [-0.2, 0) is 15.9 Å². The molecule has 4 nitrogen and oxygen atoms in total. The summed E-state index contributed by atoms with van der Waals surface area (Å²) in [7, 11) is 0. The van der Waals surface area contributed by atoms with Crippen LogP contribution in [0, 0.1) is 0 Å². The smallest absolute Gasteiger partial charge is 0.158 e. The molecule has 0 aromatic carbocycles. The Balaban J connectivity index is 3.14. The van der Waals surface area contributed by atoms with Crippen molar-refractivity contribution in [3.05, 3.63) is 0 Å². The van der Waals surface area contributed by atoms with E-state index in [1.165, 1.54) is 0 Å². The highest BCUT2D eigenvalue weighted by Crippen LogP contribution is 1.96. The van der Waals surface area contributed by atoms with E-state index in [0.717, 1.165) is 0 Å². The van der Waals surface area contributed by atoms with Crippen molar-refractivity contribution in [3.63, 3.8) is 0 Å². The van der Waals surface area contributed by atoms with Gasteiger partial charge in [0.1, 0.15) is 6.61 Å². The Kier molecular flexibility index (Phi) is 6.30. The number of unbranched alkanes of at least 4 members (excludes halogenated alkanes) is 1. The molecule has 5 heteroatoms. The van der Waals surface area contributed by atoms with Crippen molar-refractivity contribution in [1.29, 1.82) is 0 Å². The Morgan fingerprint density at radius 1 is 1.36 bits per heavy atom. The van der Waals surface area contributed by atoms with Crippen LogP contribution in [0.1, 0.15) is 19.3 Å². The lowest BCUT2D eigenvalue weighted by Crippen LogP contribution is -2.04. The average molecular weight is 180 g/mol. The normalized spacial score (nSPS) is 12.9. The monoisotopic (exact) mass is 180 g/mol. The van der Waals surface area contributed by atoms with Gasteiger partial charge < -0.3 is 9.66 Å². The number of carbonyl (C=O) groups is 1. The number of hydrogen-bond acceptors (Lipinski definition) is 3. The number of Topliss-reactive ketones (excluding diaryl/α,β-unsaturated/α-hetero) is 1. The van der Waals surface area contributed by atoms with E-state index < -0.39 is 17.7 Å². The molecule has 0 aliphatic rings. The lowest BCUT2D eigenvalue weighted by atomic mass is 10.2.